The van der Waals surface area contributed by atoms with Gasteiger partial charge < -0.3 is 20.4 Å². The van der Waals surface area contributed by atoms with Crippen molar-refractivity contribution in [2.24, 2.45) is 5.73 Å². The van der Waals surface area contributed by atoms with E-state index < -0.39 is 0 Å². The van der Waals surface area contributed by atoms with Crippen LogP contribution in [0, 0.1) is 0 Å². The molecule has 3 N–H and O–H groups in total. The highest BCUT2D eigenvalue weighted by molar-refractivity contribution is 5.87. The Balaban J connectivity index is 1.14. The Hall–Kier alpha value is -3.72. The van der Waals surface area contributed by atoms with Gasteiger partial charge in [-0.3, -0.25) is 10.1 Å². The number of nitrogens with one attached hydrogen (secondary N) is 1. The monoisotopic (exact) mass is 467 g/mol. The lowest BCUT2D eigenvalue weighted by Gasteiger charge is -2.47. The van der Waals surface area contributed by atoms with Crippen molar-refractivity contribution in [1.29, 1.82) is 0 Å². The van der Waals surface area contributed by atoms with E-state index in [9.17, 15) is 0 Å². The predicted octanol–water partition coefficient (Wildman–Crippen LogP) is 3.32. The number of anilines is 4. The summed E-state index contributed by atoms with van der Waals surface area (Å²) in [5, 5.41) is 7.74. The minimum absolute atomic E-state index is 0.0245. The maximum absolute atomic E-state index is 6.80. The summed E-state index contributed by atoms with van der Waals surface area (Å²) in [4.78, 5) is 21.2. The predicted molar refractivity (Wildman–Crippen MR) is 137 cm³/mol. The number of H-pyrrole nitrogens is 1. The first kappa shape index (κ1) is 20.6. The van der Waals surface area contributed by atoms with Gasteiger partial charge in [-0.15, -0.1) is 0 Å². The van der Waals surface area contributed by atoms with E-state index in [1.165, 1.54) is 11.3 Å². The number of benzene rings is 1. The van der Waals surface area contributed by atoms with Crippen LogP contribution in [0.3, 0.4) is 0 Å². The zero-order chi connectivity index (χ0) is 23.6. The highest BCUT2D eigenvalue weighted by atomic mass is 15.3. The first-order chi connectivity index (χ1) is 17.2. The Morgan fingerprint density at radius 2 is 1.86 bits per heavy atom. The van der Waals surface area contributed by atoms with E-state index in [0.29, 0.717) is 0 Å². The fourth-order valence-corrected chi connectivity index (χ4v) is 6.30. The lowest BCUT2D eigenvalue weighted by molar-refractivity contribution is 0.285. The number of nitrogens with two attached hydrogens (primary N) is 1. The van der Waals surface area contributed by atoms with Crippen molar-refractivity contribution in [3.63, 3.8) is 0 Å². The molecule has 3 aliphatic heterocycles. The number of aromatic amines is 1. The summed E-state index contributed by atoms with van der Waals surface area (Å²) >= 11 is 0. The van der Waals surface area contributed by atoms with Crippen molar-refractivity contribution in [3.8, 4) is 0 Å². The first-order valence-electron chi connectivity index (χ1n) is 12.4. The van der Waals surface area contributed by atoms with E-state index in [1.807, 2.05) is 18.5 Å². The second kappa shape index (κ2) is 7.64. The van der Waals surface area contributed by atoms with Crippen molar-refractivity contribution < 1.29 is 0 Å². The third-order valence-electron chi connectivity index (χ3n) is 8.28. The minimum atomic E-state index is -0.0471. The highest BCUT2D eigenvalue weighted by Gasteiger charge is 2.49. The molecule has 1 atom stereocenters. The highest BCUT2D eigenvalue weighted by Crippen LogP contribution is 2.49. The molecule has 7 rings (SSSR count). The molecular weight excluding hydrogens is 438 g/mol. The molecule has 9 nitrogen and oxygen atoms in total. The quantitative estimate of drug-likeness (QED) is 0.463. The van der Waals surface area contributed by atoms with Gasteiger partial charge in [0.15, 0.2) is 17.0 Å². The molecule has 0 aliphatic carbocycles. The summed E-state index contributed by atoms with van der Waals surface area (Å²) in [5.41, 5.74) is 13.0. The number of hydrogen-bond donors (Lipinski definition) is 2. The smallest absolute Gasteiger partial charge is 0.183 e. The van der Waals surface area contributed by atoms with Crippen molar-refractivity contribution in [2.45, 2.75) is 37.3 Å². The van der Waals surface area contributed by atoms with Crippen LogP contribution in [-0.4, -0.2) is 57.4 Å². The zero-order valence-corrected chi connectivity index (χ0v) is 19.9. The maximum atomic E-state index is 6.80. The van der Waals surface area contributed by atoms with Crippen molar-refractivity contribution in [3.05, 3.63) is 60.0 Å². The summed E-state index contributed by atoms with van der Waals surface area (Å²) < 4.78 is 0. The van der Waals surface area contributed by atoms with Crippen LogP contribution in [0.5, 0.6) is 0 Å². The fourth-order valence-electron chi connectivity index (χ4n) is 6.30. The molecule has 3 aromatic heterocycles. The first-order valence-corrected chi connectivity index (χ1v) is 12.4. The lowest BCUT2D eigenvalue weighted by Crippen LogP contribution is -2.56. The average Bonchev–Trinajstić information content (AvgIpc) is 3.42. The molecular formula is C26H29N9. The van der Waals surface area contributed by atoms with Gasteiger partial charge in [0, 0.05) is 38.6 Å². The molecule has 1 aromatic carbocycles. The van der Waals surface area contributed by atoms with Gasteiger partial charge in [0.1, 0.15) is 5.82 Å². The molecule has 0 amide bonds. The Kier molecular flexibility index (Phi) is 4.51. The number of hydrogen-bond acceptors (Lipinski definition) is 8. The van der Waals surface area contributed by atoms with Gasteiger partial charge in [0.05, 0.1) is 29.2 Å². The van der Waals surface area contributed by atoms with Crippen molar-refractivity contribution >= 4 is 34.2 Å². The summed E-state index contributed by atoms with van der Waals surface area (Å²) in [6.07, 6.45) is 7.73. The van der Waals surface area contributed by atoms with Crippen LogP contribution < -0.4 is 20.4 Å². The van der Waals surface area contributed by atoms with E-state index in [2.05, 4.69) is 67.3 Å². The summed E-state index contributed by atoms with van der Waals surface area (Å²) in [7, 11) is 2.19. The molecule has 0 radical (unpaired) electrons. The molecule has 6 heterocycles. The molecule has 35 heavy (non-hydrogen) atoms. The standard InChI is InChI=1S/C26H29N9/c1-33-19-8-3-2-6-17(19)23(27)26(33)10-14-34(15-11-26)21-16-29-22-24(30-21)31-32-25(22)35-13-5-7-18-20(35)9-4-12-28-18/h2-4,6,8-9,12,16,23H,5,7,10-11,13-15,27H2,1H3,(H,30,31,32)/t23-/m1/s1. The van der Waals surface area contributed by atoms with E-state index in [1.54, 1.807) is 0 Å². The van der Waals surface area contributed by atoms with Gasteiger partial charge >= 0.3 is 0 Å². The molecule has 9 heteroatoms. The van der Waals surface area contributed by atoms with Gasteiger partial charge in [-0.1, -0.05) is 18.2 Å². The Bertz CT molecular complexity index is 1370. The van der Waals surface area contributed by atoms with Gasteiger partial charge in [-0.25, -0.2) is 9.97 Å². The molecule has 0 saturated carbocycles. The van der Waals surface area contributed by atoms with E-state index in [4.69, 9.17) is 15.7 Å². The number of pyridine rings is 1. The second-order valence-corrected chi connectivity index (χ2v) is 9.88. The van der Waals surface area contributed by atoms with Gasteiger partial charge in [0.25, 0.3) is 0 Å². The van der Waals surface area contributed by atoms with Gasteiger partial charge in [0.2, 0.25) is 0 Å². The molecule has 1 spiro atoms. The molecule has 0 unspecified atom stereocenters. The molecule has 1 fully saturated rings. The maximum Gasteiger partial charge on any atom is 0.183 e. The van der Waals surface area contributed by atoms with Gasteiger partial charge in [-0.05, 0) is 49.4 Å². The molecule has 0 bridgehead atoms. The van der Waals surface area contributed by atoms with Crippen molar-refractivity contribution in [2.75, 3.05) is 41.4 Å². The molecule has 178 valence electrons. The molecule has 1 saturated heterocycles. The summed E-state index contributed by atoms with van der Waals surface area (Å²) in [6.45, 7) is 2.67. The van der Waals surface area contributed by atoms with Crippen LogP contribution in [0.2, 0.25) is 0 Å². The topological polar surface area (TPSA) is 103 Å². The number of piperidine rings is 1. The number of fused-ring (bicyclic) bond motifs is 3. The number of likely N-dealkylation sites (N-methyl/N-ethyl adjacent to an activating group) is 1. The Morgan fingerprint density at radius 3 is 2.71 bits per heavy atom. The molecule has 3 aliphatic rings. The fraction of sp³-hybridized carbons (Fsp3) is 0.385. The number of aromatic nitrogens is 5. The number of aryl methyl sites for hydroxylation is 1. The largest absolute Gasteiger partial charge is 0.367 e. The van der Waals surface area contributed by atoms with Crippen LogP contribution in [0.25, 0.3) is 11.2 Å². The normalized spacial score (nSPS) is 21.0. The number of para-hydroxylation sites is 1. The minimum Gasteiger partial charge on any atom is -0.367 e. The van der Waals surface area contributed by atoms with Crippen molar-refractivity contribution in [1.82, 2.24) is 25.1 Å². The van der Waals surface area contributed by atoms with Crippen LogP contribution in [0.15, 0.2) is 48.8 Å². The van der Waals surface area contributed by atoms with Crippen LogP contribution in [0.4, 0.5) is 23.0 Å². The number of rotatable bonds is 2. The lowest BCUT2D eigenvalue weighted by atomic mass is 9.80. The van der Waals surface area contributed by atoms with Gasteiger partial charge in [-0.2, -0.15) is 5.10 Å². The Labute approximate surface area is 204 Å². The van der Waals surface area contributed by atoms with E-state index >= 15 is 0 Å². The van der Waals surface area contributed by atoms with Crippen LogP contribution >= 0.6 is 0 Å². The van der Waals surface area contributed by atoms with E-state index in [-0.39, 0.29) is 11.6 Å². The zero-order valence-electron chi connectivity index (χ0n) is 19.9. The van der Waals surface area contributed by atoms with Crippen LogP contribution in [-0.2, 0) is 6.42 Å². The van der Waals surface area contributed by atoms with Crippen LogP contribution in [0.1, 0.15) is 36.6 Å². The second-order valence-electron chi connectivity index (χ2n) is 9.88. The Morgan fingerprint density at radius 1 is 1.03 bits per heavy atom. The summed E-state index contributed by atoms with van der Waals surface area (Å²) in [5.74, 6) is 1.71. The average molecular weight is 468 g/mol. The number of nitrogens with zero attached hydrogens (tertiary/aromatic N) is 7. The molecule has 4 aromatic rings. The van der Waals surface area contributed by atoms with E-state index in [0.717, 1.165) is 79.5 Å². The SMILES string of the molecule is CN1c2ccccc2[C@@H](N)C12CCN(c1cnc3c(N4CCCc5ncccc54)n[nH]c3n1)CC2. The third kappa shape index (κ3) is 2.97. The third-order valence-corrected chi connectivity index (χ3v) is 8.28. The summed E-state index contributed by atoms with van der Waals surface area (Å²) in [6, 6.07) is 12.6.